The Morgan fingerprint density at radius 2 is 1.94 bits per heavy atom. The molecule has 6 nitrogen and oxygen atoms in total. The number of fused-ring (bicyclic) bond motifs is 1. The third-order valence-corrected chi connectivity index (χ3v) is 6.55. The highest BCUT2D eigenvalue weighted by atomic mass is 32.2. The highest BCUT2D eigenvalue weighted by Crippen LogP contribution is 2.28. The van der Waals surface area contributed by atoms with Crippen molar-refractivity contribution in [2.75, 3.05) is 12.9 Å². The molecular weight excluding hydrogens is 430 g/mol. The number of thioether (sulfide) groups is 1. The van der Waals surface area contributed by atoms with Crippen molar-refractivity contribution in [2.45, 2.75) is 18.6 Å². The Morgan fingerprint density at radius 3 is 2.71 bits per heavy atom. The Morgan fingerprint density at radius 1 is 1.16 bits per heavy atom. The number of methoxy groups -OCH3 is 1. The van der Waals surface area contributed by atoms with Crippen LogP contribution in [-0.4, -0.2) is 28.3 Å². The summed E-state index contributed by atoms with van der Waals surface area (Å²) >= 11 is 2.58. The van der Waals surface area contributed by atoms with Gasteiger partial charge in [0.1, 0.15) is 10.4 Å². The maximum atomic E-state index is 13.2. The molecule has 1 amide bonds. The number of aromatic nitrogens is 2. The quantitative estimate of drug-likeness (QED) is 0.337. The van der Waals surface area contributed by atoms with Crippen LogP contribution in [0.4, 0.5) is 0 Å². The van der Waals surface area contributed by atoms with Gasteiger partial charge in [0.25, 0.3) is 5.56 Å². The lowest BCUT2D eigenvalue weighted by atomic mass is 10.1. The molecular formula is C23H21N3O3S2. The van der Waals surface area contributed by atoms with Gasteiger partial charge in [-0.25, -0.2) is 4.98 Å². The van der Waals surface area contributed by atoms with E-state index in [4.69, 9.17) is 4.74 Å². The first-order valence-electron chi connectivity index (χ1n) is 9.65. The van der Waals surface area contributed by atoms with E-state index in [1.165, 1.54) is 33.2 Å². The summed E-state index contributed by atoms with van der Waals surface area (Å²) < 4.78 is 7.54. The van der Waals surface area contributed by atoms with Crippen molar-refractivity contribution in [1.82, 2.24) is 14.9 Å². The average molecular weight is 452 g/mol. The predicted molar refractivity (Wildman–Crippen MR) is 126 cm³/mol. The Bertz CT molecular complexity index is 1280. The van der Waals surface area contributed by atoms with Gasteiger partial charge in [0.15, 0.2) is 5.16 Å². The average Bonchev–Trinajstić information content (AvgIpc) is 3.26. The fraction of sp³-hybridized carbons (Fsp3) is 0.174. The van der Waals surface area contributed by atoms with Crippen molar-refractivity contribution < 1.29 is 9.53 Å². The minimum Gasteiger partial charge on any atom is -0.495 e. The maximum Gasteiger partial charge on any atom is 0.276 e. The van der Waals surface area contributed by atoms with E-state index >= 15 is 0 Å². The van der Waals surface area contributed by atoms with Crippen molar-refractivity contribution >= 4 is 39.2 Å². The fourth-order valence-electron chi connectivity index (χ4n) is 3.10. The van der Waals surface area contributed by atoms with Gasteiger partial charge >= 0.3 is 0 Å². The predicted octanol–water partition coefficient (Wildman–Crippen LogP) is 4.17. The van der Waals surface area contributed by atoms with Crippen molar-refractivity contribution in [3.8, 4) is 11.4 Å². The van der Waals surface area contributed by atoms with Gasteiger partial charge in [0.05, 0.1) is 24.1 Å². The van der Waals surface area contributed by atoms with Crippen molar-refractivity contribution in [3.05, 3.63) is 81.5 Å². The molecule has 2 aromatic heterocycles. The van der Waals surface area contributed by atoms with Crippen molar-refractivity contribution in [3.63, 3.8) is 0 Å². The summed E-state index contributed by atoms with van der Waals surface area (Å²) in [5.41, 5.74) is 3.26. The summed E-state index contributed by atoms with van der Waals surface area (Å²) in [5, 5.41) is 5.21. The summed E-state index contributed by atoms with van der Waals surface area (Å²) in [6, 6.07) is 17.1. The Kier molecular flexibility index (Phi) is 6.39. The molecule has 0 unspecified atom stereocenters. The van der Waals surface area contributed by atoms with Crippen LogP contribution < -0.4 is 15.6 Å². The molecule has 0 saturated heterocycles. The van der Waals surface area contributed by atoms with Gasteiger partial charge in [-0.3, -0.25) is 14.2 Å². The number of nitrogens with zero attached hydrogens (tertiary/aromatic N) is 2. The molecule has 0 radical (unpaired) electrons. The first-order valence-corrected chi connectivity index (χ1v) is 11.5. The van der Waals surface area contributed by atoms with Gasteiger partial charge in [0.2, 0.25) is 5.91 Å². The smallest absolute Gasteiger partial charge is 0.276 e. The summed E-state index contributed by atoms with van der Waals surface area (Å²) in [5.74, 6) is 0.577. The molecule has 0 fully saturated rings. The first-order chi connectivity index (χ1) is 15.1. The van der Waals surface area contributed by atoms with E-state index in [9.17, 15) is 9.59 Å². The van der Waals surface area contributed by atoms with Gasteiger partial charge in [0, 0.05) is 6.54 Å². The van der Waals surface area contributed by atoms with E-state index in [2.05, 4.69) is 10.3 Å². The van der Waals surface area contributed by atoms with Crippen molar-refractivity contribution in [1.29, 1.82) is 0 Å². The van der Waals surface area contributed by atoms with Crippen LogP contribution in [0.25, 0.3) is 15.9 Å². The van der Waals surface area contributed by atoms with Crippen LogP contribution in [0.1, 0.15) is 11.1 Å². The second-order valence-corrected chi connectivity index (χ2v) is 8.75. The minimum atomic E-state index is -0.174. The molecule has 0 aliphatic heterocycles. The number of rotatable bonds is 7. The van der Waals surface area contributed by atoms with Crippen LogP contribution in [0.3, 0.4) is 0 Å². The Balaban J connectivity index is 1.59. The zero-order chi connectivity index (χ0) is 21.8. The molecule has 0 bridgehead atoms. The minimum absolute atomic E-state index is 0.128. The number of benzene rings is 2. The second kappa shape index (κ2) is 9.36. The number of carbonyl (C=O) groups excluding carboxylic acids is 1. The van der Waals surface area contributed by atoms with Crippen LogP contribution in [0.2, 0.25) is 0 Å². The molecule has 2 aromatic carbocycles. The van der Waals surface area contributed by atoms with E-state index in [0.29, 0.717) is 33.4 Å². The lowest BCUT2D eigenvalue weighted by Crippen LogP contribution is -2.26. The number of para-hydroxylation sites is 2. The lowest BCUT2D eigenvalue weighted by molar-refractivity contribution is -0.118. The van der Waals surface area contributed by atoms with E-state index in [0.717, 1.165) is 5.56 Å². The number of aryl methyl sites for hydroxylation is 1. The molecule has 31 heavy (non-hydrogen) atoms. The number of thiophene rings is 1. The zero-order valence-electron chi connectivity index (χ0n) is 17.1. The van der Waals surface area contributed by atoms with Gasteiger partial charge in [-0.2, -0.15) is 0 Å². The van der Waals surface area contributed by atoms with Crippen LogP contribution in [0, 0.1) is 6.92 Å². The Hall–Kier alpha value is -3.10. The van der Waals surface area contributed by atoms with Gasteiger partial charge in [-0.05, 0) is 36.1 Å². The lowest BCUT2D eigenvalue weighted by Gasteiger charge is -2.14. The molecule has 0 aliphatic carbocycles. The SMILES string of the molecule is COc1ccccc1-n1c(SCC(=O)NCc2ccc(C)cc2)nc2ccsc2c1=O. The van der Waals surface area contributed by atoms with E-state index in [-0.39, 0.29) is 17.2 Å². The third kappa shape index (κ3) is 4.65. The molecule has 1 N–H and O–H groups in total. The van der Waals surface area contributed by atoms with Gasteiger partial charge < -0.3 is 10.1 Å². The Labute approximate surface area is 187 Å². The molecule has 0 aliphatic rings. The molecule has 4 aromatic rings. The highest BCUT2D eigenvalue weighted by molar-refractivity contribution is 7.99. The molecule has 0 saturated carbocycles. The number of amides is 1. The molecule has 0 spiro atoms. The molecule has 158 valence electrons. The summed E-state index contributed by atoms with van der Waals surface area (Å²) in [6.45, 7) is 2.48. The van der Waals surface area contributed by atoms with Crippen LogP contribution >= 0.6 is 23.1 Å². The standard InChI is InChI=1S/C23H21N3O3S2/c1-15-7-9-16(10-8-15)13-24-20(27)14-31-23-25-17-11-12-30-21(17)22(28)26(23)18-5-3-4-6-19(18)29-2/h3-12H,13-14H2,1-2H3,(H,24,27). The second-order valence-electron chi connectivity index (χ2n) is 6.89. The monoisotopic (exact) mass is 451 g/mol. The van der Waals surface area contributed by atoms with Crippen LogP contribution in [-0.2, 0) is 11.3 Å². The summed E-state index contributed by atoms with van der Waals surface area (Å²) in [7, 11) is 1.56. The zero-order valence-corrected chi connectivity index (χ0v) is 18.8. The normalized spacial score (nSPS) is 10.9. The molecule has 4 rings (SSSR count). The van der Waals surface area contributed by atoms with Gasteiger partial charge in [-0.1, -0.05) is 53.7 Å². The van der Waals surface area contributed by atoms with Crippen LogP contribution in [0.15, 0.2) is 69.9 Å². The van der Waals surface area contributed by atoms with E-state index < -0.39 is 0 Å². The van der Waals surface area contributed by atoms with Crippen molar-refractivity contribution in [2.24, 2.45) is 0 Å². The summed E-state index contributed by atoms with van der Waals surface area (Å²) in [6.07, 6.45) is 0. The molecule has 8 heteroatoms. The van der Waals surface area contributed by atoms with Crippen LogP contribution in [0.5, 0.6) is 5.75 Å². The topological polar surface area (TPSA) is 73.2 Å². The molecule has 2 heterocycles. The largest absolute Gasteiger partial charge is 0.495 e. The highest BCUT2D eigenvalue weighted by Gasteiger charge is 2.18. The number of ether oxygens (including phenoxy) is 1. The number of hydrogen-bond donors (Lipinski definition) is 1. The summed E-state index contributed by atoms with van der Waals surface area (Å²) in [4.78, 5) is 30.3. The molecule has 0 atom stereocenters. The first kappa shape index (κ1) is 21.1. The number of carbonyl (C=O) groups is 1. The van der Waals surface area contributed by atoms with Gasteiger partial charge in [-0.15, -0.1) is 11.3 Å². The number of nitrogens with one attached hydrogen (secondary N) is 1. The maximum absolute atomic E-state index is 13.2. The third-order valence-electron chi connectivity index (χ3n) is 4.72. The fourth-order valence-corrected chi connectivity index (χ4v) is 4.70. The number of hydrogen-bond acceptors (Lipinski definition) is 6. The van der Waals surface area contributed by atoms with E-state index in [1.54, 1.807) is 13.2 Å². The van der Waals surface area contributed by atoms with E-state index in [1.807, 2.05) is 60.8 Å².